The second-order valence-electron chi connectivity index (χ2n) is 6.97. The Morgan fingerprint density at radius 3 is 2.19 bits per heavy atom. The molecule has 2 N–H and O–H groups in total. The van der Waals surface area contributed by atoms with Crippen molar-refractivity contribution in [2.75, 3.05) is 26.2 Å². The third-order valence-electron chi connectivity index (χ3n) is 5.15. The van der Waals surface area contributed by atoms with Gasteiger partial charge in [-0.15, -0.1) is 12.4 Å². The van der Waals surface area contributed by atoms with Gasteiger partial charge in [0.15, 0.2) is 0 Å². The third-order valence-corrected chi connectivity index (χ3v) is 7.06. The molecule has 146 valence electrons. The predicted molar refractivity (Wildman–Crippen MR) is 104 cm³/mol. The standard InChI is InChI=1S/C18H27N3O3S.ClH/c19-16-9-13-20(14-10-16)18(22)8-5-15-3-6-17(7-4-15)25(23,24)21-11-1-2-12-21;/h3-4,6-7,16H,1-2,5,8-14,19H2;1H. The highest BCUT2D eigenvalue weighted by molar-refractivity contribution is 7.89. The van der Waals surface area contributed by atoms with Gasteiger partial charge in [-0.25, -0.2) is 8.42 Å². The van der Waals surface area contributed by atoms with Crippen LogP contribution in [0.4, 0.5) is 0 Å². The molecule has 0 unspecified atom stereocenters. The molecule has 1 aromatic rings. The first-order chi connectivity index (χ1) is 12.0. The van der Waals surface area contributed by atoms with E-state index in [1.165, 1.54) is 0 Å². The van der Waals surface area contributed by atoms with Crippen LogP contribution in [0.5, 0.6) is 0 Å². The summed E-state index contributed by atoms with van der Waals surface area (Å²) in [5.74, 6) is 0.153. The van der Waals surface area contributed by atoms with Crippen LogP contribution in [0.15, 0.2) is 29.2 Å². The van der Waals surface area contributed by atoms with Crippen LogP contribution in [0.3, 0.4) is 0 Å². The molecule has 2 aliphatic heterocycles. The van der Waals surface area contributed by atoms with Crippen molar-refractivity contribution in [2.24, 2.45) is 5.73 Å². The van der Waals surface area contributed by atoms with Crippen LogP contribution < -0.4 is 5.73 Å². The van der Waals surface area contributed by atoms with Crippen molar-refractivity contribution < 1.29 is 13.2 Å². The summed E-state index contributed by atoms with van der Waals surface area (Å²) in [6.45, 7) is 2.70. The van der Waals surface area contributed by atoms with Crippen LogP contribution >= 0.6 is 12.4 Å². The maximum atomic E-state index is 12.5. The van der Waals surface area contributed by atoms with Crippen LogP contribution in [-0.2, 0) is 21.2 Å². The number of likely N-dealkylation sites (tertiary alicyclic amines) is 1. The van der Waals surface area contributed by atoms with Gasteiger partial charge in [-0.05, 0) is 49.8 Å². The summed E-state index contributed by atoms with van der Waals surface area (Å²) in [5.41, 5.74) is 6.85. The highest BCUT2D eigenvalue weighted by atomic mass is 35.5. The quantitative estimate of drug-likeness (QED) is 0.815. The molecule has 2 saturated heterocycles. The van der Waals surface area contributed by atoms with E-state index in [0.717, 1.165) is 44.3 Å². The molecule has 2 aliphatic rings. The number of piperidine rings is 1. The molecule has 26 heavy (non-hydrogen) atoms. The summed E-state index contributed by atoms with van der Waals surface area (Å²) >= 11 is 0. The van der Waals surface area contributed by atoms with E-state index >= 15 is 0 Å². The van der Waals surface area contributed by atoms with Crippen LogP contribution in [0.2, 0.25) is 0 Å². The minimum absolute atomic E-state index is 0. The second-order valence-corrected chi connectivity index (χ2v) is 8.91. The highest BCUT2D eigenvalue weighted by Crippen LogP contribution is 2.21. The Hall–Kier alpha value is -1.15. The molecule has 3 rings (SSSR count). The van der Waals surface area contributed by atoms with Crippen molar-refractivity contribution in [3.63, 3.8) is 0 Å². The molecule has 2 fully saturated rings. The van der Waals surface area contributed by atoms with Crippen molar-refractivity contribution in [3.05, 3.63) is 29.8 Å². The van der Waals surface area contributed by atoms with Gasteiger partial charge in [0.05, 0.1) is 4.90 Å². The summed E-state index contributed by atoms with van der Waals surface area (Å²) < 4.78 is 26.5. The Kier molecular flexibility index (Phi) is 7.46. The largest absolute Gasteiger partial charge is 0.343 e. The van der Waals surface area contributed by atoms with Gasteiger partial charge in [0, 0.05) is 38.6 Å². The van der Waals surface area contributed by atoms with E-state index in [1.54, 1.807) is 16.4 Å². The number of nitrogens with zero attached hydrogens (tertiary/aromatic N) is 2. The first-order valence-corrected chi connectivity index (χ1v) is 10.5. The Labute approximate surface area is 162 Å². The number of carbonyl (C=O) groups is 1. The number of halogens is 1. The Morgan fingerprint density at radius 2 is 1.62 bits per heavy atom. The number of carbonyl (C=O) groups excluding carboxylic acids is 1. The molecule has 2 heterocycles. The number of benzene rings is 1. The second kappa shape index (κ2) is 9.17. The lowest BCUT2D eigenvalue weighted by atomic mass is 10.0. The molecule has 0 atom stereocenters. The lowest BCUT2D eigenvalue weighted by molar-refractivity contribution is -0.132. The average Bonchev–Trinajstić information content (AvgIpc) is 3.16. The minimum Gasteiger partial charge on any atom is -0.343 e. The molecule has 0 aromatic heterocycles. The van der Waals surface area contributed by atoms with Crippen LogP contribution in [-0.4, -0.2) is 55.8 Å². The van der Waals surface area contributed by atoms with E-state index in [0.29, 0.717) is 30.8 Å². The molecule has 0 saturated carbocycles. The zero-order valence-corrected chi connectivity index (χ0v) is 16.6. The Morgan fingerprint density at radius 1 is 1.04 bits per heavy atom. The van der Waals surface area contributed by atoms with Gasteiger partial charge in [-0.2, -0.15) is 4.31 Å². The molecule has 6 nitrogen and oxygen atoms in total. The molecule has 1 amide bonds. The summed E-state index contributed by atoms with van der Waals surface area (Å²) in [6.07, 6.45) is 4.68. The molecular formula is C18H28ClN3O3S. The predicted octanol–water partition coefficient (Wildman–Crippen LogP) is 1.78. The fraction of sp³-hybridized carbons (Fsp3) is 0.611. The van der Waals surface area contributed by atoms with Gasteiger partial charge in [-0.1, -0.05) is 12.1 Å². The molecule has 0 aliphatic carbocycles. The fourth-order valence-electron chi connectivity index (χ4n) is 3.46. The van der Waals surface area contributed by atoms with Gasteiger partial charge < -0.3 is 10.6 Å². The van der Waals surface area contributed by atoms with Gasteiger partial charge in [0.2, 0.25) is 15.9 Å². The van der Waals surface area contributed by atoms with E-state index in [9.17, 15) is 13.2 Å². The topological polar surface area (TPSA) is 83.7 Å². The lowest BCUT2D eigenvalue weighted by Gasteiger charge is -2.30. The van der Waals surface area contributed by atoms with E-state index in [1.807, 2.05) is 17.0 Å². The van der Waals surface area contributed by atoms with Crippen molar-refractivity contribution >= 4 is 28.3 Å². The fourth-order valence-corrected chi connectivity index (χ4v) is 4.98. The van der Waals surface area contributed by atoms with Crippen molar-refractivity contribution in [1.82, 2.24) is 9.21 Å². The van der Waals surface area contributed by atoms with E-state index < -0.39 is 10.0 Å². The normalized spacial score (nSPS) is 19.3. The van der Waals surface area contributed by atoms with E-state index in [4.69, 9.17) is 5.73 Å². The molecular weight excluding hydrogens is 374 g/mol. The van der Waals surface area contributed by atoms with Crippen molar-refractivity contribution in [1.29, 1.82) is 0 Å². The summed E-state index contributed by atoms with van der Waals surface area (Å²) in [7, 11) is -3.36. The minimum atomic E-state index is -3.36. The molecule has 8 heteroatoms. The van der Waals surface area contributed by atoms with Gasteiger partial charge in [0.1, 0.15) is 0 Å². The zero-order chi connectivity index (χ0) is 17.9. The molecule has 1 aromatic carbocycles. The first-order valence-electron chi connectivity index (χ1n) is 9.09. The number of hydrogen-bond donors (Lipinski definition) is 1. The third kappa shape index (κ3) is 4.97. The van der Waals surface area contributed by atoms with E-state index in [2.05, 4.69) is 0 Å². The zero-order valence-electron chi connectivity index (χ0n) is 15.0. The van der Waals surface area contributed by atoms with Crippen molar-refractivity contribution in [3.8, 4) is 0 Å². The van der Waals surface area contributed by atoms with Crippen LogP contribution in [0, 0.1) is 0 Å². The number of nitrogens with two attached hydrogens (primary N) is 1. The average molecular weight is 402 g/mol. The van der Waals surface area contributed by atoms with Crippen LogP contribution in [0.1, 0.15) is 37.7 Å². The molecule has 0 bridgehead atoms. The summed E-state index contributed by atoms with van der Waals surface area (Å²) in [4.78, 5) is 14.5. The number of amides is 1. The SMILES string of the molecule is Cl.NC1CCN(C(=O)CCc2ccc(S(=O)(=O)N3CCCC3)cc2)CC1. The summed E-state index contributed by atoms with van der Waals surface area (Å²) in [5, 5.41) is 0. The number of rotatable bonds is 5. The van der Waals surface area contributed by atoms with Gasteiger partial charge in [-0.3, -0.25) is 4.79 Å². The Balaban J connectivity index is 0.00000243. The summed E-state index contributed by atoms with van der Waals surface area (Å²) in [6, 6.07) is 7.18. The van der Waals surface area contributed by atoms with Crippen molar-refractivity contribution in [2.45, 2.75) is 49.5 Å². The molecule has 0 radical (unpaired) electrons. The monoisotopic (exact) mass is 401 g/mol. The first kappa shape index (κ1) is 21.2. The van der Waals surface area contributed by atoms with Gasteiger partial charge >= 0.3 is 0 Å². The maximum Gasteiger partial charge on any atom is 0.243 e. The smallest absolute Gasteiger partial charge is 0.243 e. The number of sulfonamides is 1. The maximum absolute atomic E-state index is 12.5. The van der Waals surface area contributed by atoms with E-state index in [-0.39, 0.29) is 24.4 Å². The van der Waals surface area contributed by atoms with Gasteiger partial charge in [0.25, 0.3) is 0 Å². The lowest BCUT2D eigenvalue weighted by Crippen LogP contribution is -2.42. The molecule has 0 spiro atoms. The number of aryl methyl sites for hydroxylation is 1. The highest BCUT2D eigenvalue weighted by Gasteiger charge is 2.27. The number of hydrogen-bond acceptors (Lipinski definition) is 4. The Bertz CT molecular complexity index is 695. The van der Waals surface area contributed by atoms with Crippen LogP contribution in [0.25, 0.3) is 0 Å².